The molecule has 0 bridgehead atoms. The van der Waals surface area contributed by atoms with E-state index in [1.54, 1.807) is 0 Å². The van der Waals surface area contributed by atoms with Gasteiger partial charge in [-0.2, -0.15) is 0 Å². The summed E-state index contributed by atoms with van der Waals surface area (Å²) in [5.41, 5.74) is 0. The Morgan fingerprint density at radius 1 is 1.67 bits per heavy atom. The van der Waals surface area contributed by atoms with E-state index < -0.39 is 0 Å². The van der Waals surface area contributed by atoms with Crippen LogP contribution in [-0.4, -0.2) is 13.2 Å². The van der Waals surface area contributed by atoms with E-state index in [1.807, 2.05) is 6.20 Å². The standard InChI is InChI=1S/C4H7N2/c1-2-5-4-6-3-1/h2,5-6H,3-4H2. The van der Waals surface area contributed by atoms with E-state index in [9.17, 15) is 0 Å². The Morgan fingerprint density at radius 3 is 2.83 bits per heavy atom. The van der Waals surface area contributed by atoms with E-state index in [4.69, 9.17) is 0 Å². The second-order valence-corrected chi connectivity index (χ2v) is 1.16. The summed E-state index contributed by atoms with van der Waals surface area (Å²) < 4.78 is 0. The van der Waals surface area contributed by atoms with E-state index in [0.29, 0.717) is 0 Å². The van der Waals surface area contributed by atoms with Gasteiger partial charge in [-0.15, -0.1) is 0 Å². The molecule has 33 valence electrons. The lowest BCUT2D eigenvalue weighted by molar-refractivity contribution is 0.659. The summed E-state index contributed by atoms with van der Waals surface area (Å²) in [6.45, 7) is 1.76. The normalized spacial score (nSPS) is 20.0. The Hall–Kier alpha value is -0.500. The van der Waals surface area contributed by atoms with Crippen molar-refractivity contribution in [1.29, 1.82) is 0 Å². The smallest absolute Gasteiger partial charge is 0.0650 e. The van der Waals surface area contributed by atoms with Crippen molar-refractivity contribution in [2.45, 2.75) is 0 Å². The molecule has 2 heteroatoms. The molecular formula is C4H7N2. The molecule has 0 saturated carbocycles. The summed E-state index contributed by atoms with van der Waals surface area (Å²) in [4.78, 5) is 0. The Morgan fingerprint density at radius 2 is 2.67 bits per heavy atom. The van der Waals surface area contributed by atoms with Gasteiger partial charge in [0.25, 0.3) is 0 Å². The van der Waals surface area contributed by atoms with Gasteiger partial charge in [0.1, 0.15) is 0 Å². The zero-order valence-electron chi connectivity index (χ0n) is 3.49. The zero-order valence-corrected chi connectivity index (χ0v) is 3.49. The Bertz CT molecular complexity index is 50.6. The molecule has 0 aromatic carbocycles. The third kappa shape index (κ3) is 0.723. The van der Waals surface area contributed by atoms with E-state index >= 15 is 0 Å². The van der Waals surface area contributed by atoms with Crippen molar-refractivity contribution in [3.05, 3.63) is 12.3 Å². The summed E-state index contributed by atoms with van der Waals surface area (Å²) in [5.74, 6) is 0. The zero-order chi connectivity index (χ0) is 4.24. The lowest BCUT2D eigenvalue weighted by atomic mass is 10.5. The van der Waals surface area contributed by atoms with E-state index in [2.05, 4.69) is 16.7 Å². The van der Waals surface area contributed by atoms with Crippen molar-refractivity contribution >= 4 is 0 Å². The van der Waals surface area contributed by atoms with Crippen LogP contribution in [-0.2, 0) is 0 Å². The molecule has 1 radical (unpaired) electrons. The molecule has 0 aliphatic carbocycles. The lowest BCUT2D eigenvalue weighted by Crippen LogP contribution is -2.29. The van der Waals surface area contributed by atoms with Gasteiger partial charge in [0, 0.05) is 12.7 Å². The average Bonchev–Trinajstić information content (AvgIpc) is 1.72. The molecule has 1 aliphatic rings. The summed E-state index contributed by atoms with van der Waals surface area (Å²) in [6, 6.07) is 0. The maximum absolute atomic E-state index is 3.03. The Balaban J connectivity index is 2.26. The van der Waals surface area contributed by atoms with Crippen LogP contribution in [0, 0.1) is 6.08 Å². The minimum absolute atomic E-state index is 0.882. The maximum atomic E-state index is 3.03. The second-order valence-electron chi connectivity index (χ2n) is 1.16. The van der Waals surface area contributed by atoms with Crippen molar-refractivity contribution in [1.82, 2.24) is 10.6 Å². The van der Waals surface area contributed by atoms with Gasteiger partial charge >= 0.3 is 0 Å². The number of nitrogens with one attached hydrogen (secondary N) is 2. The van der Waals surface area contributed by atoms with Crippen molar-refractivity contribution in [2.24, 2.45) is 0 Å². The molecule has 1 rings (SSSR count). The molecular weight excluding hydrogens is 76.1 g/mol. The number of hydrogen-bond donors (Lipinski definition) is 2. The first-order valence-corrected chi connectivity index (χ1v) is 1.99. The van der Waals surface area contributed by atoms with Crippen LogP contribution in [0.1, 0.15) is 0 Å². The van der Waals surface area contributed by atoms with Crippen LogP contribution < -0.4 is 10.6 Å². The monoisotopic (exact) mass is 83.1 g/mol. The molecule has 0 aromatic rings. The summed E-state index contributed by atoms with van der Waals surface area (Å²) in [7, 11) is 0. The van der Waals surface area contributed by atoms with Crippen molar-refractivity contribution < 1.29 is 0 Å². The maximum Gasteiger partial charge on any atom is 0.0650 e. The molecule has 0 saturated heterocycles. The highest BCUT2D eigenvalue weighted by Gasteiger charge is 1.82. The molecule has 1 heterocycles. The molecule has 0 unspecified atom stereocenters. The molecule has 0 amide bonds. The molecule has 0 atom stereocenters. The first-order chi connectivity index (χ1) is 3.00. The fourth-order valence-electron chi connectivity index (χ4n) is 0.381. The van der Waals surface area contributed by atoms with Gasteiger partial charge in [-0.25, -0.2) is 0 Å². The van der Waals surface area contributed by atoms with Gasteiger partial charge in [-0.1, -0.05) is 0 Å². The van der Waals surface area contributed by atoms with Crippen LogP contribution in [0.2, 0.25) is 0 Å². The van der Waals surface area contributed by atoms with Crippen molar-refractivity contribution in [3.63, 3.8) is 0 Å². The average molecular weight is 83.1 g/mol. The summed E-state index contributed by atoms with van der Waals surface area (Å²) >= 11 is 0. The minimum atomic E-state index is 0.882. The number of rotatable bonds is 0. The molecule has 2 nitrogen and oxygen atoms in total. The molecule has 1 aliphatic heterocycles. The Kier molecular flexibility index (Phi) is 1.12. The SMILES string of the molecule is [C]1=CNCNC1. The van der Waals surface area contributed by atoms with Crippen LogP contribution >= 0.6 is 0 Å². The van der Waals surface area contributed by atoms with Crippen LogP contribution in [0.25, 0.3) is 0 Å². The van der Waals surface area contributed by atoms with Gasteiger partial charge in [0.15, 0.2) is 0 Å². The first-order valence-electron chi connectivity index (χ1n) is 1.99. The molecule has 6 heavy (non-hydrogen) atoms. The van der Waals surface area contributed by atoms with Gasteiger partial charge in [-0.05, 0) is 6.08 Å². The predicted octanol–water partition coefficient (Wildman–Crippen LogP) is -0.546. The van der Waals surface area contributed by atoms with Crippen LogP contribution in [0.5, 0.6) is 0 Å². The third-order valence-corrected chi connectivity index (χ3v) is 0.658. The van der Waals surface area contributed by atoms with Gasteiger partial charge in [0.05, 0.1) is 6.67 Å². The van der Waals surface area contributed by atoms with Gasteiger partial charge in [0.2, 0.25) is 0 Å². The van der Waals surface area contributed by atoms with E-state index in [1.165, 1.54) is 0 Å². The second kappa shape index (κ2) is 1.82. The van der Waals surface area contributed by atoms with Gasteiger partial charge < -0.3 is 5.32 Å². The highest BCUT2D eigenvalue weighted by atomic mass is 15.1. The van der Waals surface area contributed by atoms with Crippen molar-refractivity contribution in [3.8, 4) is 0 Å². The topological polar surface area (TPSA) is 24.1 Å². The number of hydrogen-bond acceptors (Lipinski definition) is 2. The lowest BCUT2D eigenvalue weighted by Gasteiger charge is -2.04. The quantitative estimate of drug-likeness (QED) is 0.411. The van der Waals surface area contributed by atoms with Gasteiger partial charge in [-0.3, -0.25) is 5.32 Å². The highest BCUT2D eigenvalue weighted by Crippen LogP contribution is 1.67. The summed E-state index contributed by atoms with van der Waals surface area (Å²) in [6.07, 6.45) is 4.77. The summed E-state index contributed by atoms with van der Waals surface area (Å²) in [5, 5.41) is 5.97. The molecule has 0 aromatic heterocycles. The van der Waals surface area contributed by atoms with E-state index in [-0.39, 0.29) is 0 Å². The first kappa shape index (κ1) is 3.68. The van der Waals surface area contributed by atoms with Crippen LogP contribution in [0.15, 0.2) is 6.20 Å². The van der Waals surface area contributed by atoms with E-state index in [0.717, 1.165) is 13.2 Å². The highest BCUT2D eigenvalue weighted by molar-refractivity contribution is 4.76. The Labute approximate surface area is 37.2 Å². The van der Waals surface area contributed by atoms with Crippen molar-refractivity contribution in [2.75, 3.05) is 13.2 Å². The molecule has 2 N–H and O–H groups in total. The fourth-order valence-corrected chi connectivity index (χ4v) is 0.381. The third-order valence-electron chi connectivity index (χ3n) is 0.658. The fraction of sp³-hybridized carbons (Fsp3) is 0.500. The molecule has 0 fully saturated rings. The molecule has 0 spiro atoms. The minimum Gasteiger partial charge on any atom is -0.378 e. The van der Waals surface area contributed by atoms with Crippen LogP contribution in [0.3, 0.4) is 0 Å². The predicted molar refractivity (Wildman–Crippen MR) is 23.8 cm³/mol. The largest absolute Gasteiger partial charge is 0.378 e. The van der Waals surface area contributed by atoms with Crippen LogP contribution in [0.4, 0.5) is 0 Å².